The standard InChI is InChI=1S/C14H16ClN3O2/c1-8-6-16-11(9(2)14(8)20-4)7-18-10(3)17-12(15)5-13(18)19/h5-6H,7H2,1-4H3. The Kier molecular flexibility index (Phi) is 4.09. The maximum absolute atomic E-state index is 12.0. The van der Waals surface area contributed by atoms with Crippen molar-refractivity contribution in [1.82, 2.24) is 14.5 Å². The number of methoxy groups -OCH3 is 1. The molecule has 20 heavy (non-hydrogen) atoms. The van der Waals surface area contributed by atoms with E-state index in [0.29, 0.717) is 12.4 Å². The Hall–Kier alpha value is -1.88. The van der Waals surface area contributed by atoms with Gasteiger partial charge in [-0.1, -0.05) is 11.6 Å². The second-order valence-corrected chi connectivity index (χ2v) is 4.98. The van der Waals surface area contributed by atoms with Crippen LogP contribution in [0.4, 0.5) is 0 Å². The lowest BCUT2D eigenvalue weighted by atomic mass is 10.1. The van der Waals surface area contributed by atoms with Crippen LogP contribution in [0.15, 0.2) is 17.1 Å². The number of hydrogen-bond donors (Lipinski definition) is 0. The zero-order chi connectivity index (χ0) is 14.9. The van der Waals surface area contributed by atoms with Gasteiger partial charge >= 0.3 is 0 Å². The summed E-state index contributed by atoms with van der Waals surface area (Å²) in [5, 5.41) is 0.204. The predicted molar refractivity (Wildman–Crippen MR) is 77.6 cm³/mol. The van der Waals surface area contributed by atoms with Gasteiger partial charge in [-0.05, 0) is 20.8 Å². The Labute approximate surface area is 122 Å². The summed E-state index contributed by atoms with van der Waals surface area (Å²) in [4.78, 5) is 20.5. The lowest BCUT2D eigenvalue weighted by molar-refractivity contribution is 0.406. The third-order valence-corrected chi connectivity index (χ3v) is 3.42. The monoisotopic (exact) mass is 293 g/mol. The van der Waals surface area contributed by atoms with Crippen LogP contribution in [0, 0.1) is 20.8 Å². The Morgan fingerprint density at radius 3 is 2.65 bits per heavy atom. The van der Waals surface area contributed by atoms with Gasteiger partial charge in [-0.2, -0.15) is 0 Å². The van der Waals surface area contributed by atoms with E-state index in [1.54, 1.807) is 20.2 Å². The number of nitrogens with zero attached hydrogens (tertiary/aromatic N) is 3. The van der Waals surface area contributed by atoms with Crippen molar-refractivity contribution in [2.24, 2.45) is 0 Å². The Morgan fingerprint density at radius 1 is 1.35 bits per heavy atom. The fourth-order valence-electron chi connectivity index (χ4n) is 2.16. The second-order valence-electron chi connectivity index (χ2n) is 4.60. The predicted octanol–water partition coefficient (Wildman–Crippen LogP) is 2.27. The zero-order valence-corrected chi connectivity index (χ0v) is 12.7. The lowest BCUT2D eigenvalue weighted by Gasteiger charge is -2.14. The van der Waals surface area contributed by atoms with Crippen molar-refractivity contribution in [2.75, 3.05) is 7.11 Å². The quantitative estimate of drug-likeness (QED) is 0.815. The van der Waals surface area contributed by atoms with Gasteiger partial charge in [0, 0.05) is 23.4 Å². The van der Waals surface area contributed by atoms with E-state index in [2.05, 4.69) is 9.97 Å². The van der Waals surface area contributed by atoms with Gasteiger partial charge < -0.3 is 4.74 Å². The van der Waals surface area contributed by atoms with Gasteiger partial charge in [0.25, 0.3) is 5.56 Å². The van der Waals surface area contributed by atoms with Crippen LogP contribution in [-0.2, 0) is 6.54 Å². The van der Waals surface area contributed by atoms with Crippen molar-refractivity contribution in [1.29, 1.82) is 0 Å². The molecule has 0 unspecified atom stereocenters. The highest BCUT2D eigenvalue weighted by Crippen LogP contribution is 2.24. The highest BCUT2D eigenvalue weighted by Gasteiger charge is 2.12. The van der Waals surface area contributed by atoms with Crippen molar-refractivity contribution in [3.05, 3.63) is 50.4 Å². The zero-order valence-electron chi connectivity index (χ0n) is 11.9. The molecule has 6 heteroatoms. The highest BCUT2D eigenvalue weighted by atomic mass is 35.5. The van der Waals surface area contributed by atoms with E-state index in [1.807, 2.05) is 13.8 Å². The summed E-state index contributed by atoms with van der Waals surface area (Å²) < 4.78 is 6.91. The third-order valence-electron chi connectivity index (χ3n) is 3.23. The molecule has 2 aromatic heterocycles. The van der Waals surface area contributed by atoms with Crippen LogP contribution in [0.3, 0.4) is 0 Å². The number of halogens is 1. The molecular formula is C14H16ClN3O2. The molecule has 2 aromatic rings. The van der Waals surface area contributed by atoms with Gasteiger partial charge in [0.1, 0.15) is 16.7 Å². The first kappa shape index (κ1) is 14.5. The van der Waals surface area contributed by atoms with Crippen LogP contribution >= 0.6 is 11.6 Å². The summed E-state index contributed by atoms with van der Waals surface area (Å²) in [6.07, 6.45) is 1.74. The summed E-state index contributed by atoms with van der Waals surface area (Å²) >= 11 is 5.76. The average molecular weight is 294 g/mol. The lowest BCUT2D eigenvalue weighted by Crippen LogP contribution is -2.24. The normalized spacial score (nSPS) is 10.7. The van der Waals surface area contributed by atoms with Gasteiger partial charge in [-0.25, -0.2) is 4.98 Å². The molecule has 106 valence electrons. The van der Waals surface area contributed by atoms with Crippen LogP contribution in [-0.4, -0.2) is 21.6 Å². The maximum Gasteiger partial charge on any atom is 0.255 e. The summed E-state index contributed by atoms with van der Waals surface area (Å²) in [5.41, 5.74) is 2.48. The van der Waals surface area contributed by atoms with Crippen LogP contribution < -0.4 is 10.3 Å². The van der Waals surface area contributed by atoms with E-state index in [9.17, 15) is 4.79 Å². The minimum atomic E-state index is -0.191. The first-order chi connectivity index (χ1) is 9.43. The van der Waals surface area contributed by atoms with Crippen molar-refractivity contribution in [2.45, 2.75) is 27.3 Å². The van der Waals surface area contributed by atoms with Crippen molar-refractivity contribution < 1.29 is 4.74 Å². The summed E-state index contributed by atoms with van der Waals surface area (Å²) in [5.74, 6) is 1.35. The molecular weight excluding hydrogens is 278 g/mol. The molecule has 0 atom stereocenters. The molecule has 0 saturated carbocycles. The van der Waals surface area contributed by atoms with Gasteiger partial charge in [0.15, 0.2) is 0 Å². The molecule has 0 radical (unpaired) electrons. The van der Waals surface area contributed by atoms with Crippen molar-refractivity contribution in [3.8, 4) is 5.75 Å². The van der Waals surface area contributed by atoms with Crippen molar-refractivity contribution in [3.63, 3.8) is 0 Å². The number of rotatable bonds is 3. The van der Waals surface area contributed by atoms with Gasteiger partial charge in [-0.3, -0.25) is 14.3 Å². The fraction of sp³-hybridized carbons (Fsp3) is 0.357. The molecule has 0 saturated heterocycles. The third kappa shape index (κ3) is 2.67. The van der Waals surface area contributed by atoms with E-state index in [1.165, 1.54) is 10.6 Å². The minimum Gasteiger partial charge on any atom is -0.496 e. The fourth-order valence-corrected chi connectivity index (χ4v) is 2.37. The molecule has 0 amide bonds. The molecule has 2 heterocycles. The van der Waals surface area contributed by atoms with E-state index in [0.717, 1.165) is 22.6 Å². The maximum atomic E-state index is 12.0. The van der Waals surface area contributed by atoms with E-state index >= 15 is 0 Å². The smallest absolute Gasteiger partial charge is 0.255 e. The van der Waals surface area contributed by atoms with Crippen molar-refractivity contribution >= 4 is 11.6 Å². The molecule has 0 spiro atoms. The van der Waals surface area contributed by atoms with Gasteiger partial charge in [0.2, 0.25) is 0 Å². The molecule has 0 N–H and O–H groups in total. The molecule has 0 aliphatic rings. The number of pyridine rings is 1. The molecule has 5 nitrogen and oxygen atoms in total. The Bertz CT molecular complexity index is 710. The van der Waals surface area contributed by atoms with Gasteiger partial charge in [0.05, 0.1) is 19.3 Å². The largest absolute Gasteiger partial charge is 0.496 e. The van der Waals surface area contributed by atoms with Crippen LogP contribution in [0.1, 0.15) is 22.6 Å². The summed E-state index contributed by atoms with van der Waals surface area (Å²) in [6.45, 7) is 5.95. The number of ether oxygens (including phenoxy) is 1. The Balaban J connectivity index is 2.49. The molecule has 0 fully saturated rings. The number of aromatic nitrogens is 3. The summed E-state index contributed by atoms with van der Waals surface area (Å²) in [6, 6.07) is 1.30. The first-order valence-corrected chi connectivity index (χ1v) is 6.55. The topological polar surface area (TPSA) is 57.0 Å². The van der Waals surface area contributed by atoms with E-state index in [4.69, 9.17) is 16.3 Å². The number of aryl methyl sites for hydroxylation is 2. The van der Waals surface area contributed by atoms with Gasteiger partial charge in [-0.15, -0.1) is 0 Å². The molecule has 0 aromatic carbocycles. The number of hydrogen-bond acceptors (Lipinski definition) is 4. The second kappa shape index (κ2) is 5.63. The van der Waals surface area contributed by atoms with Crippen LogP contribution in [0.5, 0.6) is 5.75 Å². The first-order valence-electron chi connectivity index (χ1n) is 6.17. The summed E-state index contributed by atoms with van der Waals surface area (Å²) in [7, 11) is 1.63. The molecule has 0 aliphatic carbocycles. The van der Waals surface area contributed by atoms with Crippen LogP contribution in [0.25, 0.3) is 0 Å². The molecule has 2 rings (SSSR count). The average Bonchev–Trinajstić information content (AvgIpc) is 2.36. The van der Waals surface area contributed by atoms with Crippen LogP contribution in [0.2, 0.25) is 5.15 Å². The minimum absolute atomic E-state index is 0.191. The SMILES string of the molecule is COc1c(C)cnc(Cn2c(C)nc(Cl)cc2=O)c1C. The van der Waals surface area contributed by atoms with E-state index in [-0.39, 0.29) is 10.7 Å². The van der Waals surface area contributed by atoms with E-state index < -0.39 is 0 Å². The molecule has 0 aliphatic heterocycles. The molecule has 0 bridgehead atoms. The Morgan fingerprint density at radius 2 is 2.05 bits per heavy atom. The highest BCUT2D eigenvalue weighted by molar-refractivity contribution is 6.29.